The lowest BCUT2D eigenvalue weighted by molar-refractivity contribution is -0.183. The van der Waals surface area contributed by atoms with Gasteiger partial charge in [-0.25, -0.2) is 0 Å². The lowest BCUT2D eigenvalue weighted by atomic mass is 9.81. The van der Waals surface area contributed by atoms with Crippen molar-refractivity contribution >= 4 is 17.3 Å². The molecule has 1 saturated carbocycles. The molecule has 2 rings (SSSR count). The minimum Gasteiger partial charge on any atom is -0.383 e. The lowest BCUT2D eigenvalue weighted by Gasteiger charge is -2.30. The van der Waals surface area contributed by atoms with Crippen molar-refractivity contribution in [3.05, 3.63) is 23.0 Å². The monoisotopic (exact) mass is 306 g/mol. The molecule has 0 aromatic carbocycles. The van der Waals surface area contributed by atoms with Gasteiger partial charge in [0.05, 0.1) is 22.3 Å². The van der Waals surface area contributed by atoms with Crippen LogP contribution in [0.3, 0.4) is 0 Å². The van der Waals surface area contributed by atoms with Crippen molar-refractivity contribution < 1.29 is 13.2 Å². The van der Waals surface area contributed by atoms with Gasteiger partial charge >= 0.3 is 6.18 Å². The third-order valence-electron chi connectivity index (χ3n) is 3.94. The fraction of sp³-hybridized carbons (Fsp3) is 0.643. The van der Waals surface area contributed by atoms with Crippen LogP contribution in [0.2, 0.25) is 5.02 Å². The zero-order valence-electron chi connectivity index (χ0n) is 11.3. The first-order chi connectivity index (χ1) is 9.36. The number of aromatic nitrogens is 1. The maximum Gasteiger partial charge on any atom is 0.391 e. The van der Waals surface area contributed by atoms with Gasteiger partial charge in [0.25, 0.3) is 0 Å². The molecule has 1 aliphatic rings. The number of hydrogen-bond donors (Lipinski definition) is 1. The molecule has 1 aromatic rings. The van der Waals surface area contributed by atoms with E-state index in [0.29, 0.717) is 24.4 Å². The van der Waals surface area contributed by atoms with Gasteiger partial charge in [0.15, 0.2) is 0 Å². The molecule has 0 radical (unpaired) electrons. The Bertz CT molecular complexity index is 454. The van der Waals surface area contributed by atoms with E-state index in [1.54, 1.807) is 12.3 Å². The number of anilines is 1. The Morgan fingerprint density at radius 1 is 1.30 bits per heavy atom. The Hall–Kier alpha value is -0.970. The molecule has 1 N–H and O–H groups in total. The molecule has 0 saturated heterocycles. The normalized spacial score (nSPS) is 23.6. The molecular formula is C14H18ClF3N2. The molecule has 1 heterocycles. The van der Waals surface area contributed by atoms with Gasteiger partial charge in [0, 0.05) is 12.7 Å². The Labute approximate surface area is 121 Å². The minimum absolute atomic E-state index is 0.239. The summed E-state index contributed by atoms with van der Waals surface area (Å²) in [7, 11) is 0. The van der Waals surface area contributed by atoms with Gasteiger partial charge in [-0.3, -0.25) is 4.98 Å². The number of halogens is 4. The van der Waals surface area contributed by atoms with Gasteiger partial charge in [-0.15, -0.1) is 0 Å². The number of hydrogen-bond acceptors (Lipinski definition) is 2. The summed E-state index contributed by atoms with van der Waals surface area (Å²) in [6, 6.07) is 1.80. The standard InChI is InChI=1S/C14H18ClF3N2/c1-9-13(6-12(15)8-19-9)20-7-10-2-4-11(5-3-10)14(16,17)18/h6,8,10-11,20H,2-5,7H2,1H3. The summed E-state index contributed by atoms with van der Waals surface area (Å²) in [6.07, 6.45) is -0.748. The Balaban J connectivity index is 1.83. The van der Waals surface area contributed by atoms with E-state index in [9.17, 15) is 13.2 Å². The molecule has 1 aromatic heterocycles. The first-order valence-corrected chi connectivity index (χ1v) is 7.17. The molecule has 0 bridgehead atoms. The Morgan fingerprint density at radius 3 is 2.55 bits per heavy atom. The minimum atomic E-state index is -4.04. The number of nitrogens with zero attached hydrogens (tertiary/aromatic N) is 1. The van der Waals surface area contributed by atoms with Crippen LogP contribution in [0.4, 0.5) is 18.9 Å². The van der Waals surface area contributed by atoms with Crippen LogP contribution in [-0.2, 0) is 0 Å². The first-order valence-electron chi connectivity index (χ1n) is 6.79. The summed E-state index contributed by atoms with van der Waals surface area (Å²) in [6.45, 7) is 2.55. The van der Waals surface area contributed by atoms with E-state index in [2.05, 4.69) is 10.3 Å². The smallest absolute Gasteiger partial charge is 0.383 e. The first kappa shape index (κ1) is 15.4. The highest BCUT2D eigenvalue weighted by molar-refractivity contribution is 6.30. The second kappa shape index (κ2) is 6.20. The molecule has 0 spiro atoms. The second-order valence-corrected chi connectivity index (χ2v) is 5.86. The van der Waals surface area contributed by atoms with Crippen molar-refractivity contribution in [3.8, 4) is 0 Å². The quantitative estimate of drug-likeness (QED) is 0.865. The number of alkyl halides is 3. The molecule has 0 amide bonds. The van der Waals surface area contributed by atoms with Crippen LogP contribution in [0.1, 0.15) is 31.4 Å². The van der Waals surface area contributed by atoms with Crippen LogP contribution < -0.4 is 5.32 Å². The van der Waals surface area contributed by atoms with Crippen molar-refractivity contribution in [1.29, 1.82) is 0 Å². The molecule has 1 aliphatic carbocycles. The van der Waals surface area contributed by atoms with E-state index in [1.165, 1.54) is 0 Å². The molecule has 0 aliphatic heterocycles. The van der Waals surface area contributed by atoms with Crippen LogP contribution in [0.25, 0.3) is 0 Å². The molecule has 112 valence electrons. The van der Waals surface area contributed by atoms with E-state index in [-0.39, 0.29) is 18.8 Å². The maximum atomic E-state index is 12.6. The summed E-state index contributed by atoms with van der Waals surface area (Å²) in [5, 5.41) is 3.80. The third kappa shape index (κ3) is 4.01. The predicted molar refractivity (Wildman–Crippen MR) is 74.0 cm³/mol. The summed E-state index contributed by atoms with van der Waals surface area (Å²) in [4.78, 5) is 4.14. The van der Waals surface area contributed by atoms with Crippen LogP contribution in [-0.4, -0.2) is 17.7 Å². The third-order valence-corrected chi connectivity index (χ3v) is 4.15. The second-order valence-electron chi connectivity index (χ2n) is 5.43. The van der Waals surface area contributed by atoms with Gasteiger partial charge in [0.2, 0.25) is 0 Å². The van der Waals surface area contributed by atoms with Gasteiger partial charge in [-0.1, -0.05) is 11.6 Å². The highest BCUT2D eigenvalue weighted by Crippen LogP contribution is 2.39. The van der Waals surface area contributed by atoms with Crippen molar-refractivity contribution in [2.75, 3.05) is 11.9 Å². The van der Waals surface area contributed by atoms with Crippen LogP contribution in [0.15, 0.2) is 12.3 Å². The van der Waals surface area contributed by atoms with Gasteiger partial charge in [-0.2, -0.15) is 13.2 Å². The van der Waals surface area contributed by atoms with Gasteiger partial charge < -0.3 is 5.32 Å². The summed E-state index contributed by atoms with van der Waals surface area (Å²) >= 11 is 5.88. The van der Waals surface area contributed by atoms with Crippen molar-refractivity contribution in [2.24, 2.45) is 11.8 Å². The summed E-state index contributed by atoms with van der Waals surface area (Å²) in [5.41, 5.74) is 1.70. The van der Waals surface area contributed by atoms with E-state index < -0.39 is 12.1 Å². The largest absolute Gasteiger partial charge is 0.391 e. The van der Waals surface area contributed by atoms with E-state index >= 15 is 0 Å². The molecule has 6 heteroatoms. The molecule has 2 nitrogen and oxygen atoms in total. The molecule has 20 heavy (non-hydrogen) atoms. The summed E-state index contributed by atoms with van der Waals surface area (Å²) in [5.74, 6) is -0.833. The fourth-order valence-corrected chi connectivity index (χ4v) is 2.79. The van der Waals surface area contributed by atoms with E-state index in [4.69, 9.17) is 11.6 Å². The molecule has 1 fully saturated rings. The van der Waals surface area contributed by atoms with E-state index in [1.807, 2.05) is 6.92 Å². The van der Waals surface area contributed by atoms with Gasteiger partial charge in [0.1, 0.15) is 0 Å². The summed E-state index contributed by atoms with van der Waals surface area (Å²) < 4.78 is 37.7. The molecule has 0 unspecified atom stereocenters. The van der Waals surface area contributed by atoms with E-state index in [0.717, 1.165) is 11.4 Å². The van der Waals surface area contributed by atoms with Crippen molar-refractivity contribution in [2.45, 2.75) is 38.8 Å². The molecular weight excluding hydrogens is 289 g/mol. The van der Waals surface area contributed by atoms with Gasteiger partial charge in [-0.05, 0) is 44.6 Å². The van der Waals surface area contributed by atoms with Crippen molar-refractivity contribution in [3.63, 3.8) is 0 Å². The van der Waals surface area contributed by atoms with Crippen LogP contribution >= 0.6 is 11.6 Å². The average Bonchev–Trinajstić information content (AvgIpc) is 2.39. The predicted octanol–water partition coefficient (Wildman–Crippen LogP) is 4.82. The van der Waals surface area contributed by atoms with Crippen LogP contribution in [0.5, 0.6) is 0 Å². The zero-order chi connectivity index (χ0) is 14.8. The Kier molecular flexibility index (Phi) is 4.78. The fourth-order valence-electron chi connectivity index (χ4n) is 2.63. The maximum absolute atomic E-state index is 12.6. The zero-order valence-corrected chi connectivity index (χ0v) is 12.1. The number of nitrogens with one attached hydrogen (secondary N) is 1. The highest BCUT2D eigenvalue weighted by atomic mass is 35.5. The number of aryl methyl sites for hydroxylation is 1. The number of pyridine rings is 1. The topological polar surface area (TPSA) is 24.9 Å². The van der Waals surface area contributed by atoms with Crippen molar-refractivity contribution in [1.82, 2.24) is 4.98 Å². The lowest BCUT2D eigenvalue weighted by Crippen LogP contribution is -2.29. The number of rotatable bonds is 3. The SMILES string of the molecule is Cc1ncc(Cl)cc1NCC1CCC(C(F)(F)F)CC1. The average molecular weight is 307 g/mol. The highest BCUT2D eigenvalue weighted by Gasteiger charge is 2.41. The Morgan fingerprint density at radius 2 is 1.95 bits per heavy atom. The van der Waals surface area contributed by atoms with Crippen LogP contribution in [0, 0.1) is 18.8 Å². The molecule has 0 atom stereocenters.